The van der Waals surface area contributed by atoms with E-state index in [1.807, 2.05) is 52.0 Å². The number of hydrogen-bond acceptors (Lipinski definition) is 8. The summed E-state index contributed by atoms with van der Waals surface area (Å²) in [6, 6.07) is 9.54. The maximum Gasteiger partial charge on any atom is 0.410 e. The Morgan fingerprint density at radius 1 is 1.20 bits per heavy atom. The molecule has 0 saturated carbocycles. The van der Waals surface area contributed by atoms with Crippen molar-refractivity contribution in [2.24, 2.45) is 5.41 Å². The zero-order valence-electron chi connectivity index (χ0n) is 26.8. The predicted molar refractivity (Wildman–Crippen MR) is 149 cm³/mol. The van der Waals surface area contributed by atoms with E-state index in [4.69, 9.17) is 13.4 Å². The van der Waals surface area contributed by atoms with E-state index in [1.165, 1.54) is 0 Å². The van der Waals surface area contributed by atoms with Crippen molar-refractivity contribution in [3.63, 3.8) is 0 Å². The summed E-state index contributed by atoms with van der Waals surface area (Å²) in [6.07, 6.45) is 2.83. The summed E-state index contributed by atoms with van der Waals surface area (Å²) in [5.41, 5.74) is -0.214. The molecule has 10 nitrogen and oxygen atoms in total. The molecular formula is C30H39N5O5. The van der Waals surface area contributed by atoms with Crippen molar-refractivity contribution in [1.29, 1.82) is 0 Å². The molecule has 0 aliphatic carbocycles. The number of nitrogens with one attached hydrogen (secondary N) is 1. The number of aromatic nitrogens is 3. The quantitative estimate of drug-likeness (QED) is 0.420. The molecule has 2 amide bonds. The van der Waals surface area contributed by atoms with Gasteiger partial charge in [-0.15, -0.1) is 0 Å². The Hall–Kier alpha value is -3.79. The van der Waals surface area contributed by atoms with E-state index < -0.39 is 35.5 Å². The largest absolute Gasteiger partial charge is 0.444 e. The van der Waals surface area contributed by atoms with Gasteiger partial charge in [0.1, 0.15) is 11.2 Å². The number of carbonyl (C=O) groups excluding carboxylic acids is 2. The number of hydrogen-bond donors (Lipinski definition) is 2. The molecule has 0 unspecified atom stereocenters. The van der Waals surface area contributed by atoms with Crippen LogP contribution in [0.15, 0.2) is 47.2 Å². The Kier molecular flexibility index (Phi) is 6.93. The van der Waals surface area contributed by atoms with Crippen molar-refractivity contribution in [2.75, 3.05) is 19.6 Å². The van der Waals surface area contributed by atoms with Crippen molar-refractivity contribution in [2.45, 2.75) is 71.9 Å². The van der Waals surface area contributed by atoms with Crippen LogP contribution in [0.5, 0.6) is 0 Å². The van der Waals surface area contributed by atoms with Crippen molar-refractivity contribution in [3.8, 4) is 11.4 Å². The van der Waals surface area contributed by atoms with Gasteiger partial charge >= 0.3 is 6.09 Å². The molecule has 3 aromatic rings. The lowest BCUT2D eigenvalue weighted by atomic mass is 9.62. The number of pyridine rings is 1. The molecule has 3 heterocycles. The molecule has 2 N–H and O–H groups in total. The minimum absolute atomic E-state index is 0.00970. The molecule has 1 atom stereocenters. The molecule has 10 heteroatoms. The second-order valence-corrected chi connectivity index (χ2v) is 11.9. The zero-order chi connectivity index (χ0) is 31.8. The van der Waals surface area contributed by atoms with Crippen LogP contribution in [0.1, 0.15) is 81.0 Å². The maximum absolute atomic E-state index is 12.8. The summed E-state index contributed by atoms with van der Waals surface area (Å²) in [4.78, 5) is 34.7. The van der Waals surface area contributed by atoms with Crippen LogP contribution in [-0.2, 0) is 21.6 Å². The number of carbonyl (C=O) groups is 2. The van der Waals surface area contributed by atoms with Gasteiger partial charge in [-0.25, -0.2) is 4.79 Å². The first-order valence-electron chi connectivity index (χ1n) is 14.8. The number of amides is 2. The van der Waals surface area contributed by atoms with E-state index in [9.17, 15) is 14.7 Å². The second kappa shape index (κ2) is 11.0. The van der Waals surface area contributed by atoms with Crippen LogP contribution in [0, 0.1) is 5.41 Å². The zero-order valence-corrected chi connectivity index (χ0v) is 23.8. The number of nitrogens with zero attached hydrogens (tertiary/aromatic N) is 4. The van der Waals surface area contributed by atoms with E-state index in [2.05, 4.69) is 34.3 Å². The lowest BCUT2D eigenvalue weighted by Gasteiger charge is -2.56. The first kappa shape index (κ1) is 25.2. The molecule has 1 saturated heterocycles. The van der Waals surface area contributed by atoms with E-state index in [0.29, 0.717) is 22.6 Å². The molecular weight excluding hydrogens is 510 g/mol. The summed E-state index contributed by atoms with van der Waals surface area (Å²) in [7, 11) is 0. The number of rotatable bonds is 8. The normalized spacial score (nSPS) is 17.7. The van der Waals surface area contributed by atoms with Crippen LogP contribution >= 0.6 is 0 Å². The summed E-state index contributed by atoms with van der Waals surface area (Å²) in [5, 5.41) is 19.0. The molecule has 1 fully saturated rings. The van der Waals surface area contributed by atoms with Crippen molar-refractivity contribution >= 4 is 12.0 Å². The molecule has 1 aliphatic heterocycles. The highest BCUT2D eigenvalue weighted by atomic mass is 16.6. The SMILES string of the molecule is [2H]C([2H])([2H])C(=O)NCCc1nc(-c2cncc([C@@](O)(c3ccc(C(C)C)cc3)C3(C)CN(C(=O)OC(C)(C)C)C3)c2)no1. The molecule has 1 aromatic carbocycles. The smallest absolute Gasteiger partial charge is 0.410 e. The maximum atomic E-state index is 12.8. The van der Waals surface area contributed by atoms with E-state index in [1.54, 1.807) is 23.4 Å². The molecule has 2 aromatic heterocycles. The van der Waals surface area contributed by atoms with Crippen molar-refractivity contribution in [3.05, 3.63) is 65.3 Å². The Balaban J connectivity index is 1.63. The summed E-state index contributed by atoms with van der Waals surface area (Å²) < 4.78 is 32.3. The van der Waals surface area contributed by atoms with E-state index >= 15 is 0 Å². The summed E-state index contributed by atoms with van der Waals surface area (Å²) >= 11 is 0. The van der Waals surface area contributed by atoms with Gasteiger partial charge in [0.2, 0.25) is 17.6 Å². The van der Waals surface area contributed by atoms with Crippen molar-refractivity contribution < 1.29 is 28.1 Å². The third kappa shape index (κ3) is 6.01. The van der Waals surface area contributed by atoms with Gasteiger partial charge < -0.3 is 24.6 Å². The second-order valence-electron chi connectivity index (χ2n) is 11.9. The van der Waals surface area contributed by atoms with Crippen LogP contribution in [0.2, 0.25) is 0 Å². The lowest BCUT2D eigenvalue weighted by Crippen LogP contribution is -2.66. The van der Waals surface area contributed by atoms with Gasteiger partial charge in [-0.3, -0.25) is 9.78 Å². The Labute approximate surface area is 239 Å². The molecule has 4 rings (SSSR count). The lowest BCUT2D eigenvalue weighted by molar-refractivity contribution is -0.131. The number of ether oxygens (including phenoxy) is 1. The van der Waals surface area contributed by atoms with E-state index in [-0.39, 0.29) is 37.8 Å². The van der Waals surface area contributed by atoms with Crippen LogP contribution in [0.25, 0.3) is 11.4 Å². The topological polar surface area (TPSA) is 131 Å². The molecule has 1 aliphatic rings. The van der Waals surface area contributed by atoms with Gasteiger partial charge in [0.15, 0.2) is 0 Å². The summed E-state index contributed by atoms with van der Waals surface area (Å²) in [5.74, 6) is -0.328. The van der Waals surface area contributed by atoms with Crippen LogP contribution < -0.4 is 5.32 Å². The average Bonchev–Trinajstić information content (AvgIpc) is 3.38. The van der Waals surface area contributed by atoms with Crippen LogP contribution in [-0.4, -0.2) is 62.4 Å². The van der Waals surface area contributed by atoms with Crippen LogP contribution in [0.4, 0.5) is 4.79 Å². The number of benzene rings is 1. The van der Waals surface area contributed by atoms with E-state index in [0.717, 1.165) is 5.56 Å². The third-order valence-electron chi connectivity index (χ3n) is 7.11. The number of likely N-dealkylation sites (tertiary alicyclic amines) is 1. The van der Waals surface area contributed by atoms with Gasteiger partial charge in [-0.05, 0) is 43.9 Å². The standard InChI is InChI=1S/C30H39N5O5/c1-19(2)21-8-10-23(11-9-21)30(38,29(7)17-35(18-29)27(37)39-28(4,5)6)24-14-22(15-31-16-24)26-33-25(40-34-26)12-13-32-20(3)36/h8-11,14-16,19,38H,12-13,17-18H2,1-7H3,(H,32,36)/t30-/m0/s1/i3D3. The van der Waals surface area contributed by atoms with Gasteiger partial charge in [0, 0.05) is 66.0 Å². The highest BCUT2D eigenvalue weighted by Crippen LogP contribution is 2.51. The fourth-order valence-corrected chi connectivity index (χ4v) is 4.97. The minimum atomic E-state index is -2.74. The van der Waals surface area contributed by atoms with Crippen molar-refractivity contribution in [1.82, 2.24) is 25.3 Å². The van der Waals surface area contributed by atoms with Gasteiger partial charge in [0.25, 0.3) is 0 Å². The van der Waals surface area contributed by atoms with Gasteiger partial charge in [-0.2, -0.15) is 4.98 Å². The fraction of sp³-hybridized carbons (Fsp3) is 0.500. The minimum Gasteiger partial charge on any atom is -0.444 e. The highest BCUT2D eigenvalue weighted by molar-refractivity contribution is 5.72. The average molecular weight is 553 g/mol. The fourth-order valence-electron chi connectivity index (χ4n) is 4.97. The monoisotopic (exact) mass is 552 g/mol. The molecule has 0 radical (unpaired) electrons. The first-order valence-corrected chi connectivity index (χ1v) is 13.3. The highest BCUT2D eigenvalue weighted by Gasteiger charge is 2.58. The van der Waals surface area contributed by atoms with Gasteiger partial charge in [0.05, 0.1) is 0 Å². The molecule has 0 spiro atoms. The third-order valence-corrected chi connectivity index (χ3v) is 7.11. The molecule has 214 valence electrons. The Morgan fingerprint density at radius 3 is 2.52 bits per heavy atom. The van der Waals surface area contributed by atoms with Crippen LogP contribution in [0.3, 0.4) is 0 Å². The number of aliphatic hydroxyl groups is 1. The Bertz CT molecular complexity index is 1460. The Morgan fingerprint density at radius 2 is 1.90 bits per heavy atom. The summed E-state index contributed by atoms with van der Waals surface area (Å²) in [6.45, 7) is 9.33. The first-order chi connectivity index (χ1) is 19.9. The molecule has 0 bridgehead atoms. The predicted octanol–water partition coefficient (Wildman–Crippen LogP) is 4.43. The van der Waals surface area contributed by atoms with Gasteiger partial charge in [-0.1, -0.05) is 50.2 Å². The molecule has 40 heavy (non-hydrogen) atoms.